The molecule has 0 amide bonds. The number of hydrogen-bond donors (Lipinski definition) is 2. The van der Waals surface area contributed by atoms with Crippen LogP contribution in [0.2, 0.25) is 0 Å². The van der Waals surface area contributed by atoms with Crippen molar-refractivity contribution in [3.8, 4) is 0 Å². The standard InChI is InChI=1S/C20H32F2N4O2.HI/c1-3-23-20(24-10-4-5-12-28-14-13-27-2)25-16-9-11-26(15-16)19-17(21)7-6-8-18(19)22;/h6-8,16H,3-5,9-15H2,1-2H3,(H2,23,24,25);1H. The van der Waals surface area contributed by atoms with E-state index in [-0.39, 0.29) is 35.7 Å². The number of aliphatic imine (C=N–C) groups is 1. The first-order chi connectivity index (χ1) is 13.7. The molecule has 0 bridgehead atoms. The third-order valence-corrected chi connectivity index (χ3v) is 4.53. The molecule has 1 aliphatic heterocycles. The fourth-order valence-corrected chi connectivity index (χ4v) is 3.14. The topological polar surface area (TPSA) is 58.1 Å². The van der Waals surface area contributed by atoms with Crippen LogP contribution in [-0.2, 0) is 9.47 Å². The highest BCUT2D eigenvalue weighted by Crippen LogP contribution is 2.26. The lowest BCUT2D eigenvalue weighted by Gasteiger charge is -2.21. The molecule has 29 heavy (non-hydrogen) atoms. The van der Waals surface area contributed by atoms with Gasteiger partial charge in [0, 0.05) is 45.9 Å². The van der Waals surface area contributed by atoms with Crippen LogP contribution in [0.4, 0.5) is 14.5 Å². The van der Waals surface area contributed by atoms with Gasteiger partial charge in [0.1, 0.15) is 17.3 Å². The average molecular weight is 526 g/mol. The van der Waals surface area contributed by atoms with E-state index in [1.54, 1.807) is 12.0 Å². The van der Waals surface area contributed by atoms with E-state index >= 15 is 0 Å². The number of methoxy groups -OCH3 is 1. The van der Waals surface area contributed by atoms with Gasteiger partial charge < -0.3 is 25.0 Å². The quantitative estimate of drug-likeness (QED) is 0.201. The Bertz CT molecular complexity index is 602. The summed E-state index contributed by atoms with van der Waals surface area (Å²) >= 11 is 0. The van der Waals surface area contributed by atoms with Crippen molar-refractivity contribution in [3.63, 3.8) is 0 Å². The van der Waals surface area contributed by atoms with Crippen LogP contribution in [0.25, 0.3) is 0 Å². The Morgan fingerprint density at radius 2 is 1.97 bits per heavy atom. The number of guanidine groups is 1. The lowest BCUT2D eigenvalue weighted by molar-refractivity contribution is 0.0690. The van der Waals surface area contributed by atoms with Crippen molar-refractivity contribution >= 4 is 35.6 Å². The second-order valence-electron chi connectivity index (χ2n) is 6.72. The highest BCUT2D eigenvalue weighted by atomic mass is 127. The number of anilines is 1. The maximum Gasteiger partial charge on any atom is 0.191 e. The number of nitrogens with one attached hydrogen (secondary N) is 2. The highest BCUT2D eigenvalue weighted by Gasteiger charge is 2.27. The smallest absolute Gasteiger partial charge is 0.191 e. The van der Waals surface area contributed by atoms with Gasteiger partial charge in [-0.2, -0.15) is 0 Å². The molecule has 2 N–H and O–H groups in total. The summed E-state index contributed by atoms with van der Waals surface area (Å²) in [5.74, 6) is -0.299. The van der Waals surface area contributed by atoms with E-state index in [0.29, 0.717) is 39.5 Å². The van der Waals surface area contributed by atoms with Gasteiger partial charge in [0.05, 0.1) is 13.2 Å². The van der Waals surface area contributed by atoms with Crippen molar-refractivity contribution in [1.82, 2.24) is 10.6 Å². The molecule has 2 rings (SSSR count). The van der Waals surface area contributed by atoms with Gasteiger partial charge >= 0.3 is 0 Å². The number of para-hydroxylation sites is 1. The summed E-state index contributed by atoms with van der Waals surface area (Å²) in [6.07, 6.45) is 2.67. The third kappa shape index (κ3) is 9.00. The number of hydrogen-bond acceptors (Lipinski definition) is 4. The molecular formula is C20H33F2IN4O2. The molecular weight excluding hydrogens is 493 g/mol. The molecule has 6 nitrogen and oxygen atoms in total. The van der Waals surface area contributed by atoms with Crippen LogP contribution < -0.4 is 15.5 Å². The minimum atomic E-state index is -0.519. The number of nitrogens with zero attached hydrogens (tertiary/aromatic N) is 2. The molecule has 0 radical (unpaired) electrons. The Labute approximate surface area is 189 Å². The summed E-state index contributed by atoms with van der Waals surface area (Å²) in [6, 6.07) is 4.07. The summed E-state index contributed by atoms with van der Waals surface area (Å²) in [4.78, 5) is 6.34. The summed E-state index contributed by atoms with van der Waals surface area (Å²) in [7, 11) is 1.66. The van der Waals surface area contributed by atoms with E-state index in [4.69, 9.17) is 9.47 Å². The van der Waals surface area contributed by atoms with Gasteiger partial charge in [0.15, 0.2) is 5.96 Å². The van der Waals surface area contributed by atoms with Gasteiger partial charge in [-0.1, -0.05) is 6.07 Å². The van der Waals surface area contributed by atoms with E-state index in [1.165, 1.54) is 18.2 Å². The molecule has 0 spiro atoms. The minimum Gasteiger partial charge on any atom is -0.382 e. The van der Waals surface area contributed by atoms with Gasteiger partial charge in [0.25, 0.3) is 0 Å². The van der Waals surface area contributed by atoms with Gasteiger partial charge in [-0.05, 0) is 38.3 Å². The van der Waals surface area contributed by atoms with E-state index in [2.05, 4.69) is 15.6 Å². The number of halogens is 3. The molecule has 0 aliphatic carbocycles. The third-order valence-electron chi connectivity index (χ3n) is 4.53. The van der Waals surface area contributed by atoms with Crippen molar-refractivity contribution in [2.45, 2.75) is 32.2 Å². The first-order valence-corrected chi connectivity index (χ1v) is 9.96. The molecule has 0 saturated carbocycles. The van der Waals surface area contributed by atoms with Crippen LogP contribution in [-0.4, -0.2) is 65.1 Å². The molecule has 1 aromatic carbocycles. The zero-order valence-electron chi connectivity index (χ0n) is 17.3. The van der Waals surface area contributed by atoms with Crippen LogP contribution in [0.15, 0.2) is 23.2 Å². The fourth-order valence-electron chi connectivity index (χ4n) is 3.14. The van der Waals surface area contributed by atoms with Crippen LogP contribution in [0, 0.1) is 11.6 Å². The predicted octanol–water partition coefficient (Wildman–Crippen LogP) is 3.16. The highest BCUT2D eigenvalue weighted by molar-refractivity contribution is 14.0. The lowest BCUT2D eigenvalue weighted by Crippen LogP contribution is -2.44. The molecule has 1 unspecified atom stereocenters. The summed E-state index contributed by atoms with van der Waals surface area (Å²) in [5.41, 5.74) is 0.0576. The largest absolute Gasteiger partial charge is 0.382 e. The minimum absolute atomic E-state index is 0. The van der Waals surface area contributed by atoms with Crippen LogP contribution in [0.3, 0.4) is 0 Å². The molecule has 166 valence electrons. The number of rotatable bonds is 11. The zero-order chi connectivity index (χ0) is 20.2. The van der Waals surface area contributed by atoms with Gasteiger partial charge in [-0.15, -0.1) is 24.0 Å². The molecule has 1 atom stereocenters. The van der Waals surface area contributed by atoms with Crippen LogP contribution in [0.1, 0.15) is 26.2 Å². The van der Waals surface area contributed by atoms with Crippen molar-refractivity contribution in [2.75, 3.05) is 58.0 Å². The first kappa shape index (κ1) is 25.8. The number of unbranched alkanes of at least 4 members (excludes halogenated alkanes) is 1. The Kier molecular flexibility index (Phi) is 13.1. The average Bonchev–Trinajstić information content (AvgIpc) is 3.12. The normalized spacial score (nSPS) is 16.6. The van der Waals surface area contributed by atoms with Crippen LogP contribution in [0.5, 0.6) is 0 Å². The van der Waals surface area contributed by atoms with Crippen molar-refractivity contribution in [3.05, 3.63) is 29.8 Å². The van der Waals surface area contributed by atoms with Gasteiger partial charge in [-0.3, -0.25) is 4.99 Å². The summed E-state index contributed by atoms with van der Waals surface area (Å²) < 4.78 is 38.4. The van der Waals surface area contributed by atoms with Gasteiger partial charge in [0.2, 0.25) is 0 Å². The van der Waals surface area contributed by atoms with Crippen molar-refractivity contribution in [1.29, 1.82) is 0 Å². The van der Waals surface area contributed by atoms with Crippen LogP contribution >= 0.6 is 24.0 Å². The molecule has 1 aliphatic rings. The van der Waals surface area contributed by atoms with Crippen molar-refractivity contribution < 1.29 is 18.3 Å². The number of benzene rings is 1. The van der Waals surface area contributed by atoms with E-state index < -0.39 is 11.6 Å². The Morgan fingerprint density at radius 3 is 2.66 bits per heavy atom. The molecule has 1 fully saturated rings. The summed E-state index contributed by atoms with van der Waals surface area (Å²) in [6.45, 7) is 6.53. The molecule has 1 aromatic rings. The summed E-state index contributed by atoms with van der Waals surface area (Å²) in [5, 5.41) is 6.61. The SMILES string of the molecule is CCNC(=NCCCCOCCOC)NC1CCN(c2c(F)cccc2F)C1.I. The molecule has 1 heterocycles. The van der Waals surface area contributed by atoms with Gasteiger partial charge in [-0.25, -0.2) is 8.78 Å². The first-order valence-electron chi connectivity index (χ1n) is 9.96. The van der Waals surface area contributed by atoms with E-state index in [9.17, 15) is 8.78 Å². The zero-order valence-corrected chi connectivity index (χ0v) is 19.6. The molecule has 1 saturated heterocycles. The maximum absolute atomic E-state index is 14.0. The van der Waals surface area contributed by atoms with E-state index in [1.807, 2.05) is 6.92 Å². The predicted molar refractivity (Wildman–Crippen MR) is 123 cm³/mol. The fraction of sp³-hybridized carbons (Fsp3) is 0.650. The van der Waals surface area contributed by atoms with E-state index in [0.717, 1.165) is 31.8 Å². The molecule has 9 heteroatoms. The van der Waals surface area contributed by atoms with Crippen molar-refractivity contribution in [2.24, 2.45) is 4.99 Å². The second-order valence-corrected chi connectivity index (χ2v) is 6.72. The maximum atomic E-state index is 14.0. The Hall–Kier alpha value is -1.20. The monoisotopic (exact) mass is 526 g/mol. The Morgan fingerprint density at radius 1 is 1.21 bits per heavy atom. The number of ether oxygens (including phenoxy) is 2. The second kappa shape index (κ2) is 14.7. The molecule has 0 aromatic heterocycles. The Balaban J connectivity index is 0.00000420. The lowest BCUT2D eigenvalue weighted by atomic mass is 10.2.